The van der Waals surface area contributed by atoms with Crippen LogP contribution in [0.4, 0.5) is 11.4 Å². The topological polar surface area (TPSA) is 37.6 Å². The van der Waals surface area contributed by atoms with Crippen LogP contribution < -0.4 is 37.2 Å². The minimum absolute atomic E-state index is 0. The fraction of sp³-hybridized carbons (Fsp3) is 0.321. The monoisotopic (exact) mass is 572 g/mol. The first kappa shape index (κ1) is 35.5. The van der Waals surface area contributed by atoms with E-state index in [1.165, 1.54) is 22.3 Å². The van der Waals surface area contributed by atoms with Crippen molar-refractivity contribution in [3.05, 3.63) is 87.7 Å². The first-order chi connectivity index (χ1) is 15.1. The Labute approximate surface area is 240 Å². The van der Waals surface area contributed by atoms with Gasteiger partial charge < -0.3 is 37.2 Å². The maximum atomic E-state index is 4.84. The summed E-state index contributed by atoms with van der Waals surface area (Å²) in [7, 11) is 0. The molecule has 0 aliphatic heterocycles. The average molecular weight is 574 g/mol. The Kier molecular flexibility index (Phi) is 17.9. The first-order valence-corrected chi connectivity index (χ1v) is 11.4. The number of aryl methyl sites for hydroxylation is 5. The van der Waals surface area contributed by atoms with Gasteiger partial charge in [0.1, 0.15) is 0 Å². The van der Waals surface area contributed by atoms with E-state index < -0.39 is 0 Å². The molecule has 3 nitrogen and oxygen atoms in total. The molecule has 0 spiro atoms. The van der Waals surface area contributed by atoms with E-state index in [9.17, 15) is 0 Å². The van der Waals surface area contributed by atoms with Crippen molar-refractivity contribution in [1.29, 1.82) is 0 Å². The second kappa shape index (κ2) is 17.7. The van der Waals surface area contributed by atoms with Gasteiger partial charge in [-0.3, -0.25) is 9.98 Å². The zero-order valence-corrected chi connectivity index (χ0v) is 24.3. The van der Waals surface area contributed by atoms with Gasteiger partial charge in [0.25, 0.3) is 0 Å². The average Bonchev–Trinajstić information content (AvgIpc) is 2.80. The normalized spacial score (nSPS) is 10.3. The summed E-state index contributed by atoms with van der Waals surface area (Å²) in [5.74, 6) is 0. The third-order valence-electron chi connectivity index (χ3n) is 5.59. The van der Waals surface area contributed by atoms with Gasteiger partial charge in [-0.15, -0.1) is 0 Å². The molecule has 0 unspecified atom stereocenters. The van der Waals surface area contributed by atoms with Crippen LogP contribution in [0.15, 0.2) is 58.5 Å². The molecule has 0 atom stereocenters. The molecule has 0 fully saturated rings. The Bertz CT molecular complexity index is 986. The molecule has 0 saturated carbocycles. The molecular formula is C28H33Cl3FeN3. The molecule has 0 amide bonds. The van der Waals surface area contributed by atoms with Crippen LogP contribution in [0.2, 0.25) is 0 Å². The third-order valence-corrected chi connectivity index (χ3v) is 5.59. The van der Waals surface area contributed by atoms with Gasteiger partial charge in [0.2, 0.25) is 0 Å². The van der Waals surface area contributed by atoms with Crippen LogP contribution in [0.1, 0.15) is 66.9 Å². The van der Waals surface area contributed by atoms with Gasteiger partial charge in [-0.05, 0) is 72.6 Å². The summed E-state index contributed by atoms with van der Waals surface area (Å²) in [6.07, 6.45) is 7.64. The zero-order valence-electron chi connectivity index (χ0n) is 20.9. The van der Waals surface area contributed by atoms with Crippen LogP contribution >= 0.6 is 0 Å². The van der Waals surface area contributed by atoms with Gasteiger partial charge in [-0.1, -0.05) is 64.1 Å². The maximum absolute atomic E-state index is 4.84. The molecule has 3 aromatic rings. The van der Waals surface area contributed by atoms with E-state index in [1.807, 2.05) is 12.4 Å². The molecule has 189 valence electrons. The molecule has 0 aliphatic carbocycles. The zero-order chi connectivity index (χ0) is 22.2. The molecule has 35 heavy (non-hydrogen) atoms. The predicted octanol–water partition coefficient (Wildman–Crippen LogP) is -1.85. The summed E-state index contributed by atoms with van der Waals surface area (Å²) in [4.78, 5) is 14.5. The molecule has 7 heteroatoms. The van der Waals surface area contributed by atoms with Crippen molar-refractivity contribution in [3.8, 4) is 0 Å². The Morgan fingerprint density at radius 2 is 0.943 bits per heavy atom. The Balaban J connectivity index is 0. The second-order valence-electron chi connectivity index (χ2n) is 7.77. The molecule has 0 N–H and O–H groups in total. The van der Waals surface area contributed by atoms with Gasteiger partial charge in [0.05, 0.1) is 35.2 Å². The van der Waals surface area contributed by atoms with E-state index >= 15 is 0 Å². The van der Waals surface area contributed by atoms with Crippen LogP contribution in [-0.2, 0) is 42.8 Å². The number of benzene rings is 2. The van der Waals surface area contributed by atoms with Crippen molar-refractivity contribution < 1.29 is 54.3 Å². The van der Waals surface area contributed by atoms with Crippen LogP contribution in [0.25, 0.3) is 0 Å². The van der Waals surface area contributed by atoms with E-state index in [0.717, 1.165) is 54.0 Å². The number of para-hydroxylation sites is 2. The SMILES string of the molecule is CCc1cccc(CC)c1N=Cc1cc(C)cc(C=Nc2c(CC)cccc2CC)n1.[Cl-].[Cl-].[Cl-].[Fe+3]. The molecule has 3 rings (SSSR count). The fourth-order valence-electron chi connectivity index (χ4n) is 3.88. The summed E-state index contributed by atoms with van der Waals surface area (Å²) >= 11 is 0. The van der Waals surface area contributed by atoms with Gasteiger partial charge in [-0.25, -0.2) is 4.98 Å². The summed E-state index contributed by atoms with van der Waals surface area (Å²) in [6, 6.07) is 17.0. The molecule has 0 saturated heterocycles. The molecule has 1 heterocycles. The molecule has 0 aliphatic rings. The predicted molar refractivity (Wildman–Crippen MR) is 134 cm³/mol. The van der Waals surface area contributed by atoms with E-state index in [-0.39, 0.29) is 54.3 Å². The summed E-state index contributed by atoms with van der Waals surface area (Å²) in [6.45, 7) is 10.8. The number of hydrogen-bond donors (Lipinski definition) is 0. The summed E-state index contributed by atoms with van der Waals surface area (Å²) < 4.78 is 0. The summed E-state index contributed by atoms with van der Waals surface area (Å²) in [5, 5.41) is 0. The number of nitrogens with zero attached hydrogens (tertiary/aromatic N) is 3. The van der Waals surface area contributed by atoms with Gasteiger partial charge in [0, 0.05) is 0 Å². The van der Waals surface area contributed by atoms with Crippen molar-refractivity contribution in [2.75, 3.05) is 0 Å². The fourth-order valence-corrected chi connectivity index (χ4v) is 3.88. The van der Waals surface area contributed by atoms with E-state index in [1.54, 1.807) is 0 Å². The molecule has 1 aromatic heterocycles. The molecule has 2 aromatic carbocycles. The van der Waals surface area contributed by atoms with Crippen molar-refractivity contribution in [1.82, 2.24) is 4.98 Å². The van der Waals surface area contributed by atoms with E-state index in [0.29, 0.717) is 0 Å². The third kappa shape index (κ3) is 9.37. The quantitative estimate of drug-likeness (QED) is 0.231. The van der Waals surface area contributed by atoms with Crippen molar-refractivity contribution in [2.24, 2.45) is 9.98 Å². The maximum Gasteiger partial charge on any atom is 3.00 e. The van der Waals surface area contributed by atoms with E-state index in [2.05, 4.69) is 83.1 Å². The smallest absolute Gasteiger partial charge is 1.00 e. The first-order valence-electron chi connectivity index (χ1n) is 11.4. The minimum atomic E-state index is 0. The van der Waals surface area contributed by atoms with Crippen LogP contribution in [0, 0.1) is 6.92 Å². The largest absolute Gasteiger partial charge is 3.00 e. The minimum Gasteiger partial charge on any atom is -1.00 e. The number of aromatic nitrogens is 1. The Hall–Kier alpha value is -1.68. The van der Waals surface area contributed by atoms with Gasteiger partial charge >= 0.3 is 17.1 Å². The van der Waals surface area contributed by atoms with Gasteiger partial charge in [-0.2, -0.15) is 0 Å². The number of halogens is 3. The molecule has 1 radical (unpaired) electrons. The number of aliphatic imine (C=N–C) groups is 2. The Morgan fingerprint density at radius 1 is 0.629 bits per heavy atom. The molecular weight excluding hydrogens is 541 g/mol. The second-order valence-corrected chi connectivity index (χ2v) is 7.77. The van der Waals surface area contributed by atoms with Gasteiger partial charge in [0.15, 0.2) is 0 Å². The van der Waals surface area contributed by atoms with Crippen LogP contribution in [0.3, 0.4) is 0 Å². The summed E-state index contributed by atoms with van der Waals surface area (Å²) in [5.41, 5.74) is 10.1. The van der Waals surface area contributed by atoms with Crippen LogP contribution in [-0.4, -0.2) is 17.4 Å². The standard InChI is InChI=1S/C28H33N3.3ClH.Fe/c1-6-21-12-10-13-22(7-2)27(21)29-18-25-16-20(5)17-26(31-25)19-30-28-23(8-3)14-11-15-24(28)9-4;;;;/h10-19H,6-9H2,1-5H3;3*1H;/q;;;;+3/p-3. The molecule has 0 bridgehead atoms. The number of hydrogen-bond acceptors (Lipinski definition) is 3. The van der Waals surface area contributed by atoms with Crippen molar-refractivity contribution in [2.45, 2.75) is 60.3 Å². The van der Waals surface area contributed by atoms with Crippen LogP contribution in [0.5, 0.6) is 0 Å². The van der Waals surface area contributed by atoms with E-state index in [4.69, 9.17) is 15.0 Å². The number of rotatable bonds is 8. The Morgan fingerprint density at radius 3 is 1.23 bits per heavy atom. The van der Waals surface area contributed by atoms with Crippen molar-refractivity contribution >= 4 is 23.8 Å². The van der Waals surface area contributed by atoms with Crippen molar-refractivity contribution in [3.63, 3.8) is 0 Å². The number of pyridine rings is 1.